The third-order valence-electron chi connectivity index (χ3n) is 4.46. The Morgan fingerprint density at radius 1 is 1.48 bits per heavy atom. The van der Waals surface area contributed by atoms with Crippen molar-refractivity contribution in [1.82, 2.24) is 4.90 Å². The summed E-state index contributed by atoms with van der Waals surface area (Å²) < 4.78 is 13.7. The number of benzene rings is 1. The Hall–Kier alpha value is -1.42. The fourth-order valence-corrected chi connectivity index (χ4v) is 3.20. The molecule has 1 heterocycles. The van der Waals surface area contributed by atoms with E-state index >= 15 is 0 Å². The van der Waals surface area contributed by atoms with Crippen molar-refractivity contribution in [3.8, 4) is 0 Å². The number of Topliss-reactive ketones (excluding diaryl/α,β-unsaturated/α-hetero) is 1. The molecule has 1 aliphatic rings. The zero-order valence-corrected chi connectivity index (χ0v) is 13.4. The lowest BCUT2D eigenvalue weighted by molar-refractivity contribution is 0.101. The molecule has 0 radical (unpaired) electrons. The molecule has 2 rings (SSSR count). The quantitative estimate of drug-likeness (QED) is 0.778. The topological polar surface area (TPSA) is 23.6 Å². The van der Waals surface area contributed by atoms with E-state index in [4.69, 9.17) is 0 Å². The number of aryl methyl sites for hydroxylation is 1. The van der Waals surface area contributed by atoms with Crippen LogP contribution in [0.5, 0.6) is 0 Å². The van der Waals surface area contributed by atoms with Crippen LogP contribution in [-0.4, -0.2) is 43.4 Å². The van der Waals surface area contributed by atoms with Crippen molar-refractivity contribution in [2.45, 2.75) is 39.7 Å². The normalized spacial score (nSPS) is 19.0. The minimum atomic E-state index is -0.312. The summed E-state index contributed by atoms with van der Waals surface area (Å²) in [5.74, 6) is -0.400. The molecule has 0 amide bonds. The van der Waals surface area contributed by atoms with E-state index < -0.39 is 0 Å². The fourth-order valence-electron chi connectivity index (χ4n) is 3.20. The van der Waals surface area contributed by atoms with Crippen molar-refractivity contribution < 1.29 is 9.18 Å². The van der Waals surface area contributed by atoms with Gasteiger partial charge in [-0.25, -0.2) is 4.39 Å². The van der Waals surface area contributed by atoms with E-state index in [1.165, 1.54) is 25.8 Å². The third-order valence-corrected chi connectivity index (χ3v) is 4.46. The van der Waals surface area contributed by atoms with E-state index in [2.05, 4.69) is 16.7 Å². The molecule has 21 heavy (non-hydrogen) atoms. The Balaban J connectivity index is 2.24. The van der Waals surface area contributed by atoms with E-state index in [1.54, 1.807) is 13.0 Å². The molecule has 0 N–H and O–H groups in total. The number of carbonyl (C=O) groups is 1. The van der Waals surface area contributed by atoms with Gasteiger partial charge in [-0.2, -0.15) is 0 Å². The minimum absolute atomic E-state index is 0.0884. The van der Waals surface area contributed by atoms with Crippen LogP contribution in [0.3, 0.4) is 0 Å². The lowest BCUT2D eigenvalue weighted by atomic mass is 10.0. The van der Waals surface area contributed by atoms with Gasteiger partial charge in [0.2, 0.25) is 0 Å². The largest absolute Gasteiger partial charge is 0.372 e. The summed E-state index contributed by atoms with van der Waals surface area (Å²) in [4.78, 5) is 16.4. The highest BCUT2D eigenvalue weighted by atomic mass is 19.1. The van der Waals surface area contributed by atoms with E-state index in [0.717, 1.165) is 25.3 Å². The molecule has 0 spiro atoms. The van der Waals surface area contributed by atoms with Crippen molar-refractivity contribution in [2.75, 3.05) is 31.6 Å². The molecule has 0 saturated carbocycles. The number of hydrogen-bond donors (Lipinski definition) is 0. The lowest BCUT2D eigenvalue weighted by Gasteiger charge is -2.30. The number of rotatable bonds is 5. The number of likely N-dealkylation sites (tertiary alicyclic amines) is 1. The number of nitrogens with zero attached hydrogens (tertiary/aromatic N) is 2. The highest BCUT2D eigenvalue weighted by molar-refractivity contribution is 5.99. The Morgan fingerprint density at radius 2 is 2.19 bits per heavy atom. The van der Waals surface area contributed by atoms with Crippen LogP contribution in [0.1, 0.15) is 42.6 Å². The zero-order valence-electron chi connectivity index (χ0n) is 13.4. The van der Waals surface area contributed by atoms with Crippen molar-refractivity contribution in [2.24, 2.45) is 0 Å². The molecule has 3 nitrogen and oxygen atoms in total. The van der Waals surface area contributed by atoms with Crippen LogP contribution in [0.15, 0.2) is 12.1 Å². The summed E-state index contributed by atoms with van der Waals surface area (Å²) >= 11 is 0. The van der Waals surface area contributed by atoms with Gasteiger partial charge in [-0.05, 0) is 57.5 Å². The highest BCUT2D eigenvalue weighted by Crippen LogP contribution is 2.26. The van der Waals surface area contributed by atoms with E-state index in [1.807, 2.05) is 7.05 Å². The minimum Gasteiger partial charge on any atom is -0.372 e. The van der Waals surface area contributed by atoms with Gasteiger partial charge in [-0.1, -0.05) is 6.92 Å². The van der Waals surface area contributed by atoms with Gasteiger partial charge in [0, 0.05) is 30.9 Å². The lowest BCUT2D eigenvalue weighted by Crippen LogP contribution is -2.39. The second-order valence-electron chi connectivity index (χ2n) is 5.98. The molecule has 1 fully saturated rings. The molecule has 116 valence electrons. The van der Waals surface area contributed by atoms with Crippen LogP contribution in [-0.2, 0) is 0 Å². The van der Waals surface area contributed by atoms with Crippen LogP contribution in [0.25, 0.3) is 0 Å². The molecule has 1 unspecified atom stereocenters. The number of anilines is 1. The van der Waals surface area contributed by atoms with Crippen molar-refractivity contribution >= 4 is 11.5 Å². The van der Waals surface area contributed by atoms with E-state index in [0.29, 0.717) is 17.2 Å². The maximum absolute atomic E-state index is 13.7. The fraction of sp³-hybridized carbons (Fsp3) is 0.588. The van der Waals surface area contributed by atoms with Crippen LogP contribution in [0, 0.1) is 12.7 Å². The van der Waals surface area contributed by atoms with Gasteiger partial charge in [-0.15, -0.1) is 0 Å². The van der Waals surface area contributed by atoms with Gasteiger partial charge in [0.15, 0.2) is 5.78 Å². The SMILES string of the molecule is CCN1CCCC1CN(C)c1cc(C)c(F)cc1C(C)=O. The summed E-state index contributed by atoms with van der Waals surface area (Å²) in [7, 11) is 1.99. The summed E-state index contributed by atoms with van der Waals surface area (Å²) in [6.45, 7) is 8.50. The van der Waals surface area contributed by atoms with Gasteiger partial charge >= 0.3 is 0 Å². The number of hydrogen-bond acceptors (Lipinski definition) is 3. The first kappa shape index (κ1) is 16.0. The Labute approximate surface area is 126 Å². The number of halogens is 1. The van der Waals surface area contributed by atoms with Gasteiger partial charge in [0.05, 0.1) is 0 Å². The Kier molecular flexibility index (Phi) is 4.99. The Bertz CT molecular complexity index is 530. The molecular weight excluding hydrogens is 267 g/mol. The second-order valence-corrected chi connectivity index (χ2v) is 5.98. The van der Waals surface area contributed by atoms with Crippen molar-refractivity contribution in [1.29, 1.82) is 0 Å². The maximum atomic E-state index is 13.7. The smallest absolute Gasteiger partial charge is 0.161 e. The van der Waals surface area contributed by atoms with E-state index in [-0.39, 0.29) is 11.6 Å². The average molecular weight is 292 g/mol. The van der Waals surface area contributed by atoms with Crippen molar-refractivity contribution in [3.05, 3.63) is 29.1 Å². The van der Waals surface area contributed by atoms with Crippen LogP contribution in [0.4, 0.5) is 10.1 Å². The number of ketones is 1. The summed E-state index contributed by atoms with van der Waals surface area (Å²) in [5, 5.41) is 0. The molecule has 1 saturated heterocycles. The van der Waals surface area contributed by atoms with E-state index in [9.17, 15) is 9.18 Å². The number of carbonyl (C=O) groups excluding carboxylic acids is 1. The monoisotopic (exact) mass is 292 g/mol. The van der Waals surface area contributed by atoms with Crippen LogP contribution in [0.2, 0.25) is 0 Å². The standard InChI is InChI=1S/C17H25FN2O/c1-5-20-8-6-7-14(20)11-19(4)17-9-12(2)16(18)10-15(17)13(3)21/h9-10,14H,5-8,11H2,1-4H3. The average Bonchev–Trinajstić information content (AvgIpc) is 2.88. The van der Waals surface area contributed by atoms with Crippen LogP contribution < -0.4 is 4.90 Å². The zero-order chi connectivity index (χ0) is 15.6. The molecule has 1 aliphatic heterocycles. The first-order valence-corrected chi connectivity index (χ1v) is 7.70. The van der Waals surface area contributed by atoms with Gasteiger partial charge in [0.25, 0.3) is 0 Å². The first-order chi connectivity index (χ1) is 9.93. The molecule has 0 aliphatic carbocycles. The second kappa shape index (κ2) is 6.56. The highest BCUT2D eigenvalue weighted by Gasteiger charge is 2.25. The molecule has 1 aromatic carbocycles. The molecule has 1 aromatic rings. The van der Waals surface area contributed by atoms with Gasteiger partial charge in [-0.3, -0.25) is 9.69 Å². The summed E-state index contributed by atoms with van der Waals surface area (Å²) in [6, 6.07) is 3.68. The van der Waals surface area contributed by atoms with Gasteiger partial charge < -0.3 is 4.90 Å². The Morgan fingerprint density at radius 3 is 2.81 bits per heavy atom. The molecule has 4 heteroatoms. The predicted molar refractivity (Wildman–Crippen MR) is 84.7 cm³/mol. The molecule has 0 bridgehead atoms. The number of likely N-dealkylation sites (N-methyl/N-ethyl adjacent to an activating group) is 2. The van der Waals surface area contributed by atoms with Crippen molar-refractivity contribution in [3.63, 3.8) is 0 Å². The van der Waals surface area contributed by atoms with Gasteiger partial charge in [0.1, 0.15) is 5.82 Å². The maximum Gasteiger partial charge on any atom is 0.161 e. The third kappa shape index (κ3) is 3.43. The first-order valence-electron chi connectivity index (χ1n) is 7.70. The van der Waals surface area contributed by atoms with Crippen LogP contribution >= 0.6 is 0 Å². The predicted octanol–water partition coefficient (Wildman–Crippen LogP) is 3.26. The molecular formula is C17H25FN2O. The summed E-state index contributed by atoms with van der Waals surface area (Å²) in [6.07, 6.45) is 2.42. The summed E-state index contributed by atoms with van der Waals surface area (Å²) in [5.41, 5.74) is 1.90. The molecule has 1 atom stereocenters. The molecule has 0 aromatic heterocycles.